The van der Waals surface area contributed by atoms with E-state index >= 15 is 0 Å². The van der Waals surface area contributed by atoms with E-state index in [9.17, 15) is 0 Å². The van der Waals surface area contributed by atoms with Gasteiger partial charge in [-0.3, -0.25) is 5.43 Å². The molecule has 3 nitrogen and oxygen atoms in total. The van der Waals surface area contributed by atoms with Gasteiger partial charge in [-0.15, -0.1) is 28.3 Å². The molecule has 1 atom stereocenters. The predicted octanol–water partition coefficient (Wildman–Crippen LogP) is 5.63. The number of benzene rings is 1. The molecule has 1 saturated carbocycles. The van der Waals surface area contributed by atoms with E-state index in [0.29, 0.717) is 0 Å². The van der Waals surface area contributed by atoms with Crippen LogP contribution in [-0.4, -0.2) is 10.7 Å². The van der Waals surface area contributed by atoms with Crippen LogP contribution in [0.15, 0.2) is 34.7 Å². The molecule has 0 aliphatic heterocycles. The van der Waals surface area contributed by atoms with Gasteiger partial charge in [-0.05, 0) is 37.3 Å². The van der Waals surface area contributed by atoms with Crippen LogP contribution in [-0.2, 0) is 0 Å². The Kier molecular flexibility index (Phi) is 5.79. The lowest BCUT2D eigenvalue weighted by Crippen LogP contribution is -1.97. The monoisotopic (exact) mass is 385 g/mol. The molecular formula is C15H17BrClN3S. The molecule has 1 heterocycles. The summed E-state index contributed by atoms with van der Waals surface area (Å²) in [6.45, 7) is 2.27. The normalized spacial score (nSPS) is 19.5. The standard InChI is InChI=1S/C15H16ClN3S.BrH/c1-10-2-7-13(8-10)18-19-15-17-14(9-20-15)11-3-5-12(16)6-4-11;/h3-6,9-10H,2,7-8H2,1H3,(H,17,19);1H/b18-13+;. The first-order valence-electron chi connectivity index (χ1n) is 6.73. The second-order valence-electron chi connectivity index (χ2n) is 5.18. The number of aromatic nitrogens is 1. The van der Waals surface area contributed by atoms with E-state index in [1.165, 1.54) is 12.1 Å². The third-order valence-electron chi connectivity index (χ3n) is 3.46. The number of hydrogen-bond acceptors (Lipinski definition) is 4. The van der Waals surface area contributed by atoms with Crippen molar-refractivity contribution in [3.05, 3.63) is 34.7 Å². The fourth-order valence-corrected chi connectivity index (χ4v) is 3.11. The van der Waals surface area contributed by atoms with Crippen molar-refractivity contribution in [3.63, 3.8) is 0 Å². The van der Waals surface area contributed by atoms with E-state index in [-0.39, 0.29) is 17.0 Å². The number of anilines is 1. The summed E-state index contributed by atoms with van der Waals surface area (Å²) in [4.78, 5) is 4.55. The lowest BCUT2D eigenvalue weighted by molar-refractivity contribution is 0.623. The minimum atomic E-state index is 0. The first-order valence-corrected chi connectivity index (χ1v) is 7.99. The van der Waals surface area contributed by atoms with Gasteiger partial charge in [0.25, 0.3) is 0 Å². The Hall–Kier alpha value is -0.910. The van der Waals surface area contributed by atoms with E-state index in [1.54, 1.807) is 11.3 Å². The number of nitrogens with one attached hydrogen (secondary N) is 1. The molecule has 1 aromatic carbocycles. The number of thiazole rings is 1. The van der Waals surface area contributed by atoms with Gasteiger partial charge in [0.15, 0.2) is 0 Å². The van der Waals surface area contributed by atoms with Crippen molar-refractivity contribution >= 4 is 50.8 Å². The predicted molar refractivity (Wildman–Crippen MR) is 97.0 cm³/mol. The van der Waals surface area contributed by atoms with Gasteiger partial charge in [0.05, 0.1) is 5.69 Å². The molecule has 2 aromatic rings. The van der Waals surface area contributed by atoms with Crippen LogP contribution in [0.4, 0.5) is 5.13 Å². The van der Waals surface area contributed by atoms with E-state index in [1.807, 2.05) is 29.6 Å². The van der Waals surface area contributed by atoms with Crippen LogP contribution < -0.4 is 5.43 Å². The topological polar surface area (TPSA) is 37.3 Å². The molecular weight excluding hydrogens is 370 g/mol. The molecule has 1 aliphatic rings. The van der Waals surface area contributed by atoms with Crippen LogP contribution >= 0.6 is 39.9 Å². The number of hydrazone groups is 1. The Labute approximate surface area is 144 Å². The number of halogens is 2. The Balaban J connectivity index is 0.00000161. The summed E-state index contributed by atoms with van der Waals surface area (Å²) < 4.78 is 0. The second-order valence-corrected chi connectivity index (χ2v) is 6.48. The first-order chi connectivity index (χ1) is 9.70. The number of hydrogen-bond donors (Lipinski definition) is 1. The highest BCUT2D eigenvalue weighted by Gasteiger charge is 2.16. The fraction of sp³-hybridized carbons (Fsp3) is 0.333. The Bertz CT molecular complexity index is 624. The first kappa shape index (κ1) is 16.5. The Morgan fingerprint density at radius 1 is 1.33 bits per heavy atom. The van der Waals surface area contributed by atoms with Crippen LogP contribution in [0.5, 0.6) is 0 Å². The van der Waals surface area contributed by atoms with Gasteiger partial charge in [-0.1, -0.05) is 30.7 Å². The number of rotatable bonds is 3. The minimum absolute atomic E-state index is 0. The molecule has 0 amide bonds. The highest BCUT2D eigenvalue weighted by Crippen LogP contribution is 2.27. The van der Waals surface area contributed by atoms with Crippen LogP contribution in [0.2, 0.25) is 5.02 Å². The molecule has 1 unspecified atom stereocenters. The highest BCUT2D eigenvalue weighted by atomic mass is 79.9. The van der Waals surface area contributed by atoms with Crippen LogP contribution in [0.3, 0.4) is 0 Å². The van der Waals surface area contributed by atoms with Gasteiger partial charge >= 0.3 is 0 Å². The molecule has 3 rings (SSSR count). The van der Waals surface area contributed by atoms with E-state index < -0.39 is 0 Å². The van der Waals surface area contributed by atoms with Gasteiger partial charge in [0, 0.05) is 21.7 Å². The third kappa shape index (κ3) is 4.28. The van der Waals surface area contributed by atoms with Crippen LogP contribution in [0.25, 0.3) is 11.3 Å². The fourth-order valence-electron chi connectivity index (χ4n) is 2.33. The molecule has 0 radical (unpaired) electrons. The van der Waals surface area contributed by atoms with Crippen LogP contribution in [0, 0.1) is 5.92 Å². The maximum Gasteiger partial charge on any atom is 0.203 e. The third-order valence-corrected chi connectivity index (χ3v) is 4.46. The average Bonchev–Trinajstić information content (AvgIpc) is 3.06. The zero-order chi connectivity index (χ0) is 13.9. The summed E-state index contributed by atoms with van der Waals surface area (Å²) in [5.41, 5.74) is 6.35. The van der Waals surface area contributed by atoms with Crippen LogP contribution in [0.1, 0.15) is 26.2 Å². The van der Waals surface area contributed by atoms with Crippen molar-refractivity contribution in [2.45, 2.75) is 26.2 Å². The SMILES string of the molecule is Br.CC1CC/C(=N\Nc2nc(-c3ccc(Cl)cc3)cs2)C1. The summed E-state index contributed by atoms with van der Waals surface area (Å²) in [7, 11) is 0. The van der Waals surface area contributed by atoms with E-state index in [4.69, 9.17) is 11.6 Å². The molecule has 0 bridgehead atoms. The molecule has 6 heteroatoms. The van der Waals surface area contributed by atoms with Crippen molar-refractivity contribution in [2.24, 2.45) is 11.0 Å². The molecule has 1 N–H and O–H groups in total. The smallest absolute Gasteiger partial charge is 0.203 e. The van der Waals surface area contributed by atoms with Gasteiger partial charge in [0.1, 0.15) is 0 Å². The van der Waals surface area contributed by atoms with Gasteiger partial charge < -0.3 is 0 Å². The summed E-state index contributed by atoms with van der Waals surface area (Å²) in [5.74, 6) is 0.761. The Morgan fingerprint density at radius 2 is 2.10 bits per heavy atom. The summed E-state index contributed by atoms with van der Waals surface area (Å²) >= 11 is 7.46. The largest absolute Gasteiger partial charge is 0.253 e. The summed E-state index contributed by atoms with van der Waals surface area (Å²) in [5, 5.41) is 8.06. The molecule has 112 valence electrons. The molecule has 21 heavy (non-hydrogen) atoms. The van der Waals surface area contributed by atoms with Crippen molar-refractivity contribution in [3.8, 4) is 11.3 Å². The van der Waals surface area contributed by atoms with Crippen molar-refractivity contribution in [1.82, 2.24) is 4.98 Å². The highest BCUT2D eigenvalue weighted by molar-refractivity contribution is 8.93. The lowest BCUT2D eigenvalue weighted by atomic mass is 10.1. The average molecular weight is 387 g/mol. The summed E-state index contributed by atoms with van der Waals surface area (Å²) in [6, 6.07) is 7.71. The maximum absolute atomic E-state index is 5.89. The molecule has 0 saturated heterocycles. The van der Waals surface area contributed by atoms with E-state index in [2.05, 4.69) is 22.4 Å². The minimum Gasteiger partial charge on any atom is -0.253 e. The molecule has 1 fully saturated rings. The number of nitrogens with zero attached hydrogens (tertiary/aromatic N) is 2. The molecule has 1 aromatic heterocycles. The maximum atomic E-state index is 5.89. The second kappa shape index (κ2) is 7.38. The van der Waals surface area contributed by atoms with Crippen molar-refractivity contribution in [2.75, 3.05) is 5.43 Å². The zero-order valence-electron chi connectivity index (χ0n) is 11.7. The van der Waals surface area contributed by atoms with Gasteiger partial charge in [-0.25, -0.2) is 4.98 Å². The Morgan fingerprint density at radius 3 is 2.76 bits per heavy atom. The van der Waals surface area contributed by atoms with Gasteiger partial charge in [0.2, 0.25) is 5.13 Å². The van der Waals surface area contributed by atoms with Crippen molar-refractivity contribution < 1.29 is 0 Å². The zero-order valence-corrected chi connectivity index (χ0v) is 15.0. The lowest BCUT2D eigenvalue weighted by Gasteiger charge is -1.98. The molecule has 1 aliphatic carbocycles. The molecule has 0 spiro atoms. The summed E-state index contributed by atoms with van der Waals surface area (Å²) in [6.07, 6.45) is 3.44. The van der Waals surface area contributed by atoms with E-state index in [0.717, 1.165) is 40.2 Å². The van der Waals surface area contributed by atoms with Gasteiger partial charge in [-0.2, -0.15) is 5.10 Å². The van der Waals surface area contributed by atoms with Crippen molar-refractivity contribution in [1.29, 1.82) is 0 Å². The quantitative estimate of drug-likeness (QED) is 0.694.